The van der Waals surface area contributed by atoms with Gasteiger partial charge >= 0.3 is 0 Å². The van der Waals surface area contributed by atoms with Crippen molar-refractivity contribution in [2.45, 2.75) is 52.4 Å². The molecule has 1 N–H and O–H groups in total. The van der Waals surface area contributed by atoms with E-state index in [1.54, 1.807) is 0 Å². The molecule has 2 rings (SSSR count). The fourth-order valence-electron chi connectivity index (χ4n) is 2.45. The first-order chi connectivity index (χ1) is 9.40. The van der Waals surface area contributed by atoms with Crippen molar-refractivity contribution in [2.75, 3.05) is 13.1 Å². The smallest absolute Gasteiger partial charge is 0.120 e. The molecule has 3 nitrogen and oxygen atoms in total. The fourth-order valence-corrected chi connectivity index (χ4v) is 2.45. The minimum atomic E-state index is -0.113. The Labute approximate surface area is 122 Å². The van der Waals surface area contributed by atoms with Crippen LogP contribution < -0.4 is 10.1 Å². The van der Waals surface area contributed by atoms with Gasteiger partial charge in [0.1, 0.15) is 5.75 Å². The highest BCUT2D eigenvalue weighted by atomic mass is 16.5. The highest BCUT2D eigenvalue weighted by Gasteiger charge is 2.36. The fraction of sp³-hybridized carbons (Fsp3) is 0.647. The Balaban J connectivity index is 2.15. The summed E-state index contributed by atoms with van der Waals surface area (Å²) in [4.78, 5) is 0. The predicted molar refractivity (Wildman–Crippen MR) is 82.1 cm³/mol. The van der Waals surface area contributed by atoms with E-state index in [9.17, 15) is 0 Å². The SMILES string of the molecule is CC(C)Oc1cccc(C2CNCC(C)(C(C)C)O2)c1. The van der Waals surface area contributed by atoms with Gasteiger partial charge in [-0.05, 0) is 44.4 Å². The molecule has 1 heterocycles. The number of ether oxygens (including phenoxy) is 2. The summed E-state index contributed by atoms with van der Waals surface area (Å²) >= 11 is 0. The van der Waals surface area contributed by atoms with Crippen molar-refractivity contribution in [3.63, 3.8) is 0 Å². The molecule has 20 heavy (non-hydrogen) atoms. The molecule has 0 amide bonds. The average Bonchev–Trinajstić information content (AvgIpc) is 2.38. The topological polar surface area (TPSA) is 30.5 Å². The van der Waals surface area contributed by atoms with E-state index < -0.39 is 0 Å². The molecular weight excluding hydrogens is 250 g/mol. The predicted octanol–water partition coefficient (Wildman–Crippen LogP) is 3.55. The van der Waals surface area contributed by atoms with E-state index in [2.05, 4.69) is 38.2 Å². The Morgan fingerprint density at radius 2 is 2.05 bits per heavy atom. The summed E-state index contributed by atoms with van der Waals surface area (Å²) in [5, 5.41) is 3.50. The van der Waals surface area contributed by atoms with Crippen LogP contribution in [0, 0.1) is 5.92 Å². The third kappa shape index (κ3) is 3.53. The third-order valence-corrected chi connectivity index (χ3v) is 4.04. The molecule has 0 saturated carbocycles. The molecule has 1 saturated heterocycles. The highest BCUT2D eigenvalue weighted by molar-refractivity contribution is 5.30. The maximum absolute atomic E-state index is 6.36. The van der Waals surface area contributed by atoms with Crippen molar-refractivity contribution in [3.8, 4) is 5.75 Å². The van der Waals surface area contributed by atoms with Gasteiger partial charge < -0.3 is 14.8 Å². The summed E-state index contributed by atoms with van der Waals surface area (Å²) in [6.45, 7) is 12.5. The molecule has 0 aliphatic carbocycles. The largest absolute Gasteiger partial charge is 0.491 e. The summed E-state index contributed by atoms with van der Waals surface area (Å²) in [6.07, 6.45) is 0.281. The van der Waals surface area contributed by atoms with E-state index in [0.717, 1.165) is 18.8 Å². The van der Waals surface area contributed by atoms with E-state index in [1.807, 2.05) is 26.0 Å². The zero-order chi connectivity index (χ0) is 14.8. The normalized spacial score (nSPS) is 27.1. The molecule has 2 atom stereocenters. The molecule has 1 aromatic carbocycles. The first kappa shape index (κ1) is 15.3. The summed E-state index contributed by atoms with van der Waals surface area (Å²) in [6, 6.07) is 8.25. The van der Waals surface area contributed by atoms with Crippen LogP contribution in [0.5, 0.6) is 5.75 Å². The molecule has 1 aromatic rings. The Bertz CT molecular complexity index is 444. The maximum Gasteiger partial charge on any atom is 0.120 e. The van der Waals surface area contributed by atoms with Gasteiger partial charge in [0.25, 0.3) is 0 Å². The molecule has 0 radical (unpaired) electrons. The number of benzene rings is 1. The third-order valence-electron chi connectivity index (χ3n) is 4.04. The zero-order valence-corrected chi connectivity index (χ0v) is 13.3. The lowest BCUT2D eigenvalue weighted by Gasteiger charge is -2.42. The van der Waals surface area contributed by atoms with E-state index in [4.69, 9.17) is 9.47 Å². The number of nitrogens with one attached hydrogen (secondary N) is 1. The molecule has 1 aliphatic rings. The lowest BCUT2D eigenvalue weighted by atomic mass is 9.90. The number of morpholine rings is 1. The zero-order valence-electron chi connectivity index (χ0n) is 13.3. The van der Waals surface area contributed by atoms with Crippen LogP contribution in [0.15, 0.2) is 24.3 Å². The van der Waals surface area contributed by atoms with Crippen LogP contribution in [0.3, 0.4) is 0 Å². The minimum Gasteiger partial charge on any atom is -0.491 e. The van der Waals surface area contributed by atoms with Crippen molar-refractivity contribution < 1.29 is 9.47 Å². The first-order valence-electron chi connectivity index (χ1n) is 7.56. The van der Waals surface area contributed by atoms with E-state index in [-0.39, 0.29) is 17.8 Å². The van der Waals surface area contributed by atoms with Gasteiger partial charge in [-0.15, -0.1) is 0 Å². The first-order valence-corrected chi connectivity index (χ1v) is 7.56. The van der Waals surface area contributed by atoms with Crippen molar-refractivity contribution in [1.82, 2.24) is 5.32 Å². The molecule has 0 bridgehead atoms. The van der Waals surface area contributed by atoms with Crippen molar-refractivity contribution in [3.05, 3.63) is 29.8 Å². The van der Waals surface area contributed by atoms with Gasteiger partial charge in [0.05, 0.1) is 17.8 Å². The number of hydrogen-bond donors (Lipinski definition) is 1. The van der Waals surface area contributed by atoms with E-state index in [1.165, 1.54) is 5.56 Å². The van der Waals surface area contributed by atoms with Crippen LogP contribution in [0.4, 0.5) is 0 Å². The van der Waals surface area contributed by atoms with Crippen LogP contribution in [0.1, 0.15) is 46.3 Å². The minimum absolute atomic E-state index is 0.0897. The van der Waals surface area contributed by atoms with Crippen molar-refractivity contribution in [2.24, 2.45) is 5.92 Å². The standard InChI is InChI=1S/C17H27NO2/c1-12(2)17(5)11-18-10-16(20-17)14-7-6-8-15(9-14)19-13(3)4/h6-9,12-13,16,18H,10-11H2,1-5H3. The van der Waals surface area contributed by atoms with Gasteiger partial charge in [0, 0.05) is 13.1 Å². The van der Waals surface area contributed by atoms with Crippen molar-refractivity contribution >= 4 is 0 Å². The number of rotatable bonds is 4. The Kier molecular flexibility index (Phi) is 4.71. The molecule has 1 fully saturated rings. The summed E-state index contributed by atoms with van der Waals surface area (Å²) in [5.74, 6) is 1.39. The van der Waals surface area contributed by atoms with Crippen LogP contribution in [-0.2, 0) is 4.74 Å². The van der Waals surface area contributed by atoms with E-state index >= 15 is 0 Å². The summed E-state index contributed by atoms with van der Waals surface area (Å²) < 4.78 is 12.1. The Morgan fingerprint density at radius 3 is 2.70 bits per heavy atom. The lowest BCUT2D eigenvalue weighted by molar-refractivity contribution is -0.132. The van der Waals surface area contributed by atoms with Gasteiger partial charge in [0.2, 0.25) is 0 Å². The van der Waals surface area contributed by atoms with Crippen LogP contribution in [0.2, 0.25) is 0 Å². The summed E-state index contributed by atoms with van der Waals surface area (Å²) in [7, 11) is 0. The van der Waals surface area contributed by atoms with Gasteiger partial charge in [0.15, 0.2) is 0 Å². The molecular formula is C17H27NO2. The molecule has 112 valence electrons. The van der Waals surface area contributed by atoms with Crippen LogP contribution >= 0.6 is 0 Å². The van der Waals surface area contributed by atoms with Gasteiger partial charge in [-0.3, -0.25) is 0 Å². The van der Waals surface area contributed by atoms with Crippen LogP contribution in [0.25, 0.3) is 0 Å². The molecule has 0 aromatic heterocycles. The Hall–Kier alpha value is -1.06. The van der Waals surface area contributed by atoms with Gasteiger partial charge in [-0.25, -0.2) is 0 Å². The molecule has 3 heteroatoms. The van der Waals surface area contributed by atoms with E-state index in [0.29, 0.717) is 5.92 Å². The highest BCUT2D eigenvalue weighted by Crippen LogP contribution is 2.33. The second kappa shape index (κ2) is 6.15. The second-order valence-corrected chi connectivity index (χ2v) is 6.44. The van der Waals surface area contributed by atoms with Gasteiger partial charge in [-0.2, -0.15) is 0 Å². The monoisotopic (exact) mass is 277 g/mol. The molecule has 0 spiro atoms. The Morgan fingerprint density at radius 1 is 1.30 bits per heavy atom. The molecule has 1 aliphatic heterocycles. The second-order valence-electron chi connectivity index (χ2n) is 6.44. The number of hydrogen-bond acceptors (Lipinski definition) is 3. The van der Waals surface area contributed by atoms with Gasteiger partial charge in [-0.1, -0.05) is 26.0 Å². The maximum atomic E-state index is 6.36. The quantitative estimate of drug-likeness (QED) is 0.913. The van der Waals surface area contributed by atoms with Crippen LogP contribution in [-0.4, -0.2) is 24.8 Å². The average molecular weight is 277 g/mol. The van der Waals surface area contributed by atoms with Crippen molar-refractivity contribution in [1.29, 1.82) is 0 Å². The summed E-state index contributed by atoms with van der Waals surface area (Å²) in [5.41, 5.74) is 1.07. The molecule has 2 unspecified atom stereocenters. The lowest BCUT2D eigenvalue weighted by Crippen LogP contribution is -2.52.